The van der Waals surface area contributed by atoms with Crippen molar-refractivity contribution >= 4 is 0 Å². The van der Waals surface area contributed by atoms with Crippen molar-refractivity contribution in [2.45, 2.75) is 63.6 Å². The van der Waals surface area contributed by atoms with Crippen molar-refractivity contribution < 1.29 is 113 Å². The molecule has 0 unspecified atom stereocenters. The summed E-state index contributed by atoms with van der Waals surface area (Å²) in [5.41, 5.74) is 0. The van der Waals surface area contributed by atoms with Crippen LogP contribution < -0.4 is 113 Å². The zero-order chi connectivity index (χ0) is 9.97. The number of hydrogen-bond acceptors (Lipinski definition) is 2. The second-order valence-electron chi connectivity index (χ2n) is 5.07. The Labute approximate surface area is 184 Å². The second kappa shape index (κ2) is 10.00. The monoisotopic (exact) mass is 274 g/mol. The SMILES string of the molecule is [K+].[K+].[O-]C1CCC(C2CCC([O-])CC2)CC1. The molecule has 0 radical (unpaired) electrons. The van der Waals surface area contributed by atoms with Gasteiger partial charge >= 0.3 is 103 Å². The van der Waals surface area contributed by atoms with Crippen molar-refractivity contribution in [3.05, 3.63) is 0 Å². The molecule has 0 atom stereocenters. The predicted octanol–water partition coefficient (Wildman–Crippen LogP) is -5.17. The average Bonchev–Trinajstić information content (AvgIpc) is 2.21. The van der Waals surface area contributed by atoms with Crippen LogP contribution >= 0.6 is 0 Å². The maximum absolute atomic E-state index is 11.2. The predicted molar refractivity (Wildman–Crippen MR) is 51.5 cm³/mol. The molecule has 82 valence electrons. The minimum absolute atomic E-state index is 0. The van der Waals surface area contributed by atoms with E-state index in [1.165, 1.54) is 0 Å². The quantitative estimate of drug-likeness (QED) is 0.449. The van der Waals surface area contributed by atoms with Gasteiger partial charge in [0.05, 0.1) is 0 Å². The van der Waals surface area contributed by atoms with Gasteiger partial charge in [-0.3, -0.25) is 0 Å². The van der Waals surface area contributed by atoms with Crippen molar-refractivity contribution in [1.29, 1.82) is 0 Å². The molecule has 0 amide bonds. The summed E-state index contributed by atoms with van der Waals surface area (Å²) >= 11 is 0. The Morgan fingerprint density at radius 2 is 0.750 bits per heavy atom. The first-order valence-electron chi connectivity index (χ1n) is 6.07. The molecule has 2 aliphatic rings. The molecular weight excluding hydrogens is 254 g/mol. The van der Waals surface area contributed by atoms with Gasteiger partial charge in [-0.25, -0.2) is 0 Å². The molecule has 2 saturated carbocycles. The molecule has 0 aliphatic heterocycles. The minimum atomic E-state index is -0.290. The Morgan fingerprint density at radius 1 is 0.500 bits per heavy atom. The zero-order valence-corrected chi connectivity index (χ0v) is 17.0. The van der Waals surface area contributed by atoms with E-state index in [1.54, 1.807) is 0 Å². The summed E-state index contributed by atoms with van der Waals surface area (Å²) in [6.07, 6.45) is 7.44. The molecule has 2 nitrogen and oxygen atoms in total. The van der Waals surface area contributed by atoms with Crippen LogP contribution in [-0.2, 0) is 0 Å². The molecule has 0 aromatic carbocycles. The summed E-state index contributed by atoms with van der Waals surface area (Å²) in [6.45, 7) is 0. The Morgan fingerprint density at radius 3 is 1.00 bits per heavy atom. The summed E-state index contributed by atoms with van der Waals surface area (Å²) in [4.78, 5) is 0. The number of rotatable bonds is 1. The molecule has 0 aromatic heterocycles. The van der Waals surface area contributed by atoms with Crippen LogP contribution in [-0.4, -0.2) is 12.2 Å². The van der Waals surface area contributed by atoms with E-state index in [4.69, 9.17) is 0 Å². The Bertz CT molecular complexity index is 154. The smallest absolute Gasteiger partial charge is 0.852 e. The van der Waals surface area contributed by atoms with E-state index in [0.29, 0.717) is 0 Å². The third-order valence-electron chi connectivity index (χ3n) is 4.10. The fraction of sp³-hybridized carbons (Fsp3) is 1.00. The molecular formula is C12H20K2O2. The molecule has 16 heavy (non-hydrogen) atoms. The van der Waals surface area contributed by atoms with Crippen molar-refractivity contribution in [1.82, 2.24) is 0 Å². The summed E-state index contributed by atoms with van der Waals surface area (Å²) in [7, 11) is 0. The third-order valence-corrected chi connectivity index (χ3v) is 4.10. The molecule has 0 heterocycles. The first-order valence-corrected chi connectivity index (χ1v) is 6.07. The van der Waals surface area contributed by atoms with E-state index >= 15 is 0 Å². The summed E-state index contributed by atoms with van der Waals surface area (Å²) in [6, 6.07) is 0. The third kappa shape index (κ3) is 6.10. The second-order valence-corrected chi connectivity index (χ2v) is 5.07. The molecule has 0 aromatic rings. The van der Waals surface area contributed by atoms with Gasteiger partial charge in [-0.15, -0.1) is 12.2 Å². The van der Waals surface area contributed by atoms with E-state index in [1.807, 2.05) is 0 Å². The van der Waals surface area contributed by atoms with Gasteiger partial charge in [0.15, 0.2) is 0 Å². The molecule has 0 saturated heterocycles. The maximum Gasteiger partial charge on any atom is 1.00 e. The van der Waals surface area contributed by atoms with Crippen LogP contribution in [0.15, 0.2) is 0 Å². The van der Waals surface area contributed by atoms with Crippen LogP contribution in [0, 0.1) is 11.8 Å². The fourth-order valence-corrected chi connectivity index (χ4v) is 3.12. The van der Waals surface area contributed by atoms with E-state index in [-0.39, 0.29) is 115 Å². The molecule has 4 heteroatoms. The van der Waals surface area contributed by atoms with Gasteiger partial charge in [-0.2, -0.15) is 0 Å². The van der Waals surface area contributed by atoms with Crippen LogP contribution in [0.25, 0.3) is 0 Å². The largest absolute Gasteiger partial charge is 1.00 e. The average molecular weight is 274 g/mol. The van der Waals surface area contributed by atoms with Crippen LogP contribution in [0.1, 0.15) is 51.4 Å². The Balaban J connectivity index is 0.00000112. The van der Waals surface area contributed by atoms with Gasteiger partial charge in [0.25, 0.3) is 0 Å². The topological polar surface area (TPSA) is 46.1 Å². The van der Waals surface area contributed by atoms with Crippen molar-refractivity contribution in [3.63, 3.8) is 0 Å². The van der Waals surface area contributed by atoms with Gasteiger partial charge in [0, 0.05) is 0 Å². The van der Waals surface area contributed by atoms with Crippen LogP contribution in [0.2, 0.25) is 0 Å². The molecule has 0 spiro atoms. The molecule has 0 bridgehead atoms. The summed E-state index contributed by atoms with van der Waals surface area (Å²) in [5, 5.41) is 22.4. The standard InChI is InChI=1S/C12H20O2.2K/c13-11-5-1-9(2-6-11)10-3-7-12(14)8-4-10;;/h9-12H,1-8H2;;/q-2;2*+1. The van der Waals surface area contributed by atoms with Crippen molar-refractivity contribution in [3.8, 4) is 0 Å². The van der Waals surface area contributed by atoms with Crippen LogP contribution in [0.4, 0.5) is 0 Å². The summed E-state index contributed by atoms with van der Waals surface area (Å²) in [5.74, 6) is 1.54. The zero-order valence-electron chi connectivity index (χ0n) is 10.8. The summed E-state index contributed by atoms with van der Waals surface area (Å²) < 4.78 is 0. The first-order chi connectivity index (χ1) is 6.75. The van der Waals surface area contributed by atoms with Gasteiger partial charge in [0.2, 0.25) is 0 Å². The first kappa shape index (κ1) is 19.2. The van der Waals surface area contributed by atoms with Gasteiger partial charge in [-0.05, 0) is 11.8 Å². The molecule has 2 fully saturated rings. The Hall–Kier alpha value is 3.19. The van der Waals surface area contributed by atoms with E-state index in [2.05, 4.69) is 0 Å². The van der Waals surface area contributed by atoms with E-state index < -0.39 is 0 Å². The minimum Gasteiger partial charge on any atom is -0.852 e. The normalized spacial score (nSPS) is 39.4. The maximum atomic E-state index is 11.2. The molecule has 0 N–H and O–H groups in total. The van der Waals surface area contributed by atoms with Crippen LogP contribution in [0.3, 0.4) is 0 Å². The molecule has 2 aliphatic carbocycles. The van der Waals surface area contributed by atoms with Gasteiger partial charge in [0.1, 0.15) is 0 Å². The van der Waals surface area contributed by atoms with E-state index in [0.717, 1.165) is 63.2 Å². The van der Waals surface area contributed by atoms with Crippen molar-refractivity contribution in [2.75, 3.05) is 0 Å². The number of hydrogen-bond donors (Lipinski definition) is 0. The van der Waals surface area contributed by atoms with E-state index in [9.17, 15) is 10.2 Å². The van der Waals surface area contributed by atoms with Gasteiger partial charge in [-0.1, -0.05) is 51.4 Å². The fourth-order valence-electron chi connectivity index (χ4n) is 3.12. The molecule has 2 rings (SSSR count). The van der Waals surface area contributed by atoms with Crippen LogP contribution in [0.5, 0.6) is 0 Å². The van der Waals surface area contributed by atoms with Gasteiger partial charge < -0.3 is 10.2 Å². The van der Waals surface area contributed by atoms with Crippen molar-refractivity contribution in [2.24, 2.45) is 11.8 Å². The Kier molecular flexibility index (Phi) is 12.0.